The summed E-state index contributed by atoms with van der Waals surface area (Å²) < 4.78 is 4.44. The van der Waals surface area contributed by atoms with E-state index in [0.29, 0.717) is 19.3 Å². The van der Waals surface area contributed by atoms with Gasteiger partial charge in [0.2, 0.25) is 0 Å². The summed E-state index contributed by atoms with van der Waals surface area (Å²) in [4.78, 5) is 12.5. The molecule has 0 radical (unpaired) electrons. The molecule has 3 rings (SSSR count). The maximum atomic E-state index is 12.5. The fourth-order valence-corrected chi connectivity index (χ4v) is 5.53. The average molecular weight is 451 g/mol. The summed E-state index contributed by atoms with van der Waals surface area (Å²) in [6.45, 7) is 10.7. The van der Waals surface area contributed by atoms with Crippen LogP contribution in [0.5, 0.6) is 0 Å². The Hall–Kier alpha value is -2.52. The van der Waals surface area contributed by atoms with Crippen LogP contribution in [-0.2, 0) is 17.9 Å². The van der Waals surface area contributed by atoms with Gasteiger partial charge >= 0.3 is 0 Å². The Kier molecular flexibility index (Phi) is 8.37. The summed E-state index contributed by atoms with van der Waals surface area (Å²) in [6.07, 6.45) is 1.59. The van der Waals surface area contributed by atoms with Crippen molar-refractivity contribution in [2.75, 3.05) is 0 Å². The molecular weight excluding hydrogens is 416 g/mol. The zero-order valence-corrected chi connectivity index (χ0v) is 21.5. The highest BCUT2D eigenvalue weighted by molar-refractivity contribution is 6.53. The van der Waals surface area contributed by atoms with Crippen LogP contribution in [0.1, 0.15) is 30.4 Å². The van der Waals surface area contributed by atoms with Crippen LogP contribution in [0.25, 0.3) is 0 Å². The van der Waals surface area contributed by atoms with Crippen molar-refractivity contribution < 1.29 is 4.79 Å². The molecule has 2 aromatic rings. The number of hydrazone groups is 2. The molecule has 0 saturated heterocycles. The highest BCUT2D eigenvalue weighted by atomic mass is 28.3. The van der Waals surface area contributed by atoms with Crippen molar-refractivity contribution in [2.45, 2.75) is 58.5 Å². The highest BCUT2D eigenvalue weighted by Crippen LogP contribution is 2.16. The third-order valence-corrected chi connectivity index (χ3v) is 8.30. The Labute approximate surface area is 189 Å². The third kappa shape index (κ3) is 7.29. The van der Waals surface area contributed by atoms with E-state index in [0.717, 1.165) is 24.5 Å². The van der Waals surface area contributed by atoms with E-state index in [9.17, 15) is 4.79 Å². The predicted molar refractivity (Wildman–Crippen MR) is 135 cm³/mol. The maximum Gasteiger partial charge on any atom is 0.157 e. The number of carbonyl (C=O) groups is 1. The van der Waals surface area contributed by atoms with Crippen molar-refractivity contribution in [2.24, 2.45) is 10.2 Å². The minimum Gasteiger partial charge on any atom is -0.324 e. The number of benzene rings is 2. The lowest BCUT2D eigenvalue weighted by molar-refractivity contribution is -0.117. The Bertz CT molecular complexity index is 840. The molecule has 5 nitrogen and oxygen atoms in total. The van der Waals surface area contributed by atoms with Gasteiger partial charge in [-0.05, 0) is 11.1 Å². The van der Waals surface area contributed by atoms with Crippen molar-refractivity contribution in [1.82, 2.24) is 9.35 Å². The molecule has 0 amide bonds. The normalized spacial score (nSPS) is 17.0. The van der Waals surface area contributed by atoms with Crippen LogP contribution in [0.15, 0.2) is 70.9 Å². The van der Waals surface area contributed by atoms with Gasteiger partial charge in [-0.15, -0.1) is 0 Å². The van der Waals surface area contributed by atoms with Gasteiger partial charge < -0.3 is 9.35 Å². The van der Waals surface area contributed by atoms with Gasteiger partial charge in [0.25, 0.3) is 0 Å². The molecule has 1 aliphatic carbocycles. The van der Waals surface area contributed by atoms with Crippen LogP contribution < -0.4 is 0 Å². The molecule has 0 bridgehead atoms. The first-order valence-corrected chi connectivity index (χ1v) is 16.8. The predicted octanol–water partition coefficient (Wildman–Crippen LogP) is 4.42. The molecule has 1 fully saturated rings. The van der Waals surface area contributed by atoms with Crippen LogP contribution >= 0.6 is 0 Å². The van der Waals surface area contributed by atoms with Gasteiger partial charge in [0.1, 0.15) is 5.78 Å². The summed E-state index contributed by atoms with van der Waals surface area (Å²) in [5.74, 6) is 0.221. The topological polar surface area (TPSA) is 48.3 Å². The summed E-state index contributed by atoms with van der Waals surface area (Å²) in [7, 11) is -2.34. The zero-order valence-electron chi connectivity index (χ0n) is 19.2. The molecule has 2 aromatic carbocycles. The molecule has 0 heterocycles. The van der Waals surface area contributed by atoms with Gasteiger partial charge in [0.05, 0.1) is 24.5 Å². The molecule has 0 N–H and O–H groups in total. The monoisotopic (exact) mass is 450 g/mol. The van der Waals surface area contributed by atoms with Gasteiger partial charge in [-0.25, -0.2) is 0 Å². The molecule has 1 saturated carbocycles. The van der Waals surface area contributed by atoms with Crippen LogP contribution in [0.2, 0.25) is 26.2 Å². The largest absolute Gasteiger partial charge is 0.324 e. The lowest BCUT2D eigenvalue weighted by Crippen LogP contribution is -2.35. The lowest BCUT2D eigenvalue weighted by Gasteiger charge is -2.28. The Morgan fingerprint density at radius 1 is 0.677 bits per heavy atom. The van der Waals surface area contributed by atoms with E-state index in [1.54, 1.807) is 0 Å². The minimum atomic E-state index is -1.17. The Morgan fingerprint density at radius 3 is 1.42 bits per heavy atom. The third-order valence-electron chi connectivity index (χ3n) is 5.32. The summed E-state index contributed by atoms with van der Waals surface area (Å²) >= 11 is 0. The second kappa shape index (κ2) is 11.2. The summed E-state index contributed by atoms with van der Waals surface area (Å²) in [5, 5.41) is 9.94. The van der Waals surface area contributed by atoms with Crippen molar-refractivity contribution in [3.8, 4) is 0 Å². The maximum absolute atomic E-state index is 12.5. The SMILES string of the molecule is C[SiH](C)N(Cc1ccccc1)N=C1CC(=O)CC(=NN(Cc2ccccc2)[SiH](C)C)C1. The van der Waals surface area contributed by atoms with Crippen LogP contribution in [0.3, 0.4) is 0 Å². The van der Waals surface area contributed by atoms with E-state index >= 15 is 0 Å². The minimum absolute atomic E-state index is 0.221. The molecule has 0 spiro atoms. The fraction of sp³-hybridized carbons (Fsp3) is 0.375. The molecule has 0 aromatic heterocycles. The molecule has 7 heteroatoms. The van der Waals surface area contributed by atoms with E-state index in [4.69, 9.17) is 10.2 Å². The Morgan fingerprint density at radius 2 is 1.06 bits per heavy atom. The van der Waals surface area contributed by atoms with E-state index in [2.05, 4.69) is 84.1 Å². The van der Waals surface area contributed by atoms with Gasteiger partial charge in [-0.3, -0.25) is 4.79 Å². The number of Topliss-reactive ketones (excluding diaryl/α,β-unsaturated/α-hetero) is 1. The van der Waals surface area contributed by atoms with Gasteiger partial charge in [-0.2, -0.15) is 10.2 Å². The molecule has 0 unspecified atom stereocenters. The van der Waals surface area contributed by atoms with Gasteiger partial charge in [-0.1, -0.05) is 86.9 Å². The van der Waals surface area contributed by atoms with E-state index in [1.165, 1.54) is 11.1 Å². The molecule has 31 heavy (non-hydrogen) atoms. The summed E-state index contributed by atoms with van der Waals surface area (Å²) in [5.41, 5.74) is 4.42. The number of rotatable bonds is 8. The number of hydrogen-bond acceptors (Lipinski definition) is 5. The molecule has 1 aliphatic rings. The van der Waals surface area contributed by atoms with Crippen molar-refractivity contribution in [3.05, 3.63) is 71.8 Å². The van der Waals surface area contributed by atoms with Crippen LogP contribution in [0, 0.1) is 0 Å². The molecule has 164 valence electrons. The van der Waals surface area contributed by atoms with Gasteiger partial charge in [0, 0.05) is 19.3 Å². The molecule has 0 aliphatic heterocycles. The van der Waals surface area contributed by atoms with Gasteiger partial charge in [0.15, 0.2) is 17.9 Å². The number of hydrogen-bond donors (Lipinski definition) is 0. The van der Waals surface area contributed by atoms with Crippen molar-refractivity contribution in [3.63, 3.8) is 0 Å². The van der Waals surface area contributed by atoms with E-state index in [-0.39, 0.29) is 5.78 Å². The second-order valence-corrected chi connectivity index (χ2v) is 14.3. The van der Waals surface area contributed by atoms with Crippen molar-refractivity contribution in [1.29, 1.82) is 0 Å². The first-order valence-electron chi connectivity index (χ1n) is 11.2. The number of nitrogens with zero attached hydrogens (tertiary/aromatic N) is 4. The quantitative estimate of drug-likeness (QED) is 0.442. The fourth-order valence-electron chi connectivity index (χ4n) is 3.59. The number of carbonyl (C=O) groups excluding carboxylic acids is 1. The first kappa shape index (κ1) is 23.2. The average Bonchev–Trinajstić information content (AvgIpc) is 2.74. The van der Waals surface area contributed by atoms with Crippen molar-refractivity contribution >= 4 is 35.1 Å². The second-order valence-electron chi connectivity index (χ2n) is 8.76. The van der Waals surface area contributed by atoms with Crippen LogP contribution in [-0.4, -0.2) is 44.5 Å². The molecule has 0 atom stereocenters. The van der Waals surface area contributed by atoms with Crippen LogP contribution in [0.4, 0.5) is 0 Å². The molecular formula is C24H34N4OSi2. The smallest absolute Gasteiger partial charge is 0.157 e. The Balaban J connectivity index is 1.77. The zero-order chi connectivity index (χ0) is 22.2. The van der Waals surface area contributed by atoms with E-state index in [1.807, 2.05) is 12.1 Å². The summed E-state index contributed by atoms with van der Waals surface area (Å²) in [6, 6.07) is 20.9. The first-order chi connectivity index (χ1) is 14.9. The lowest BCUT2D eigenvalue weighted by atomic mass is 9.95. The highest BCUT2D eigenvalue weighted by Gasteiger charge is 2.23. The number of ketones is 1. The van der Waals surface area contributed by atoms with E-state index < -0.39 is 17.9 Å². The standard InChI is InChI=1S/C24H34N4OSi2/c1-30(2)27(18-20-11-7-5-8-12-20)25-22-15-23(17-24(29)16-22)26-28(31(3)4)19-21-13-9-6-10-14-21/h5-14,30-31H,15-19H2,1-4H3.